The average molecular weight is 409 g/mol. The van der Waals surface area contributed by atoms with Crippen LogP contribution in [0.25, 0.3) is 0 Å². The predicted molar refractivity (Wildman–Crippen MR) is 108 cm³/mol. The first-order valence-corrected chi connectivity index (χ1v) is 8.87. The van der Waals surface area contributed by atoms with Gasteiger partial charge in [0.25, 0.3) is 11.4 Å². The molecule has 1 N–H and O–H groups in total. The van der Waals surface area contributed by atoms with Gasteiger partial charge in [0, 0.05) is 41.9 Å². The molecule has 0 aliphatic carbocycles. The summed E-state index contributed by atoms with van der Waals surface area (Å²) >= 11 is 0. The number of carbonyl (C=O) groups is 1. The highest BCUT2D eigenvalue weighted by atomic mass is 19.1. The Morgan fingerprint density at radius 2 is 1.53 bits per heavy atom. The number of nitrogens with zero attached hydrogens (tertiary/aromatic N) is 2. The van der Waals surface area contributed by atoms with Crippen LogP contribution >= 0.6 is 0 Å². The summed E-state index contributed by atoms with van der Waals surface area (Å²) in [6.45, 7) is 0. The Balaban J connectivity index is 1.90. The Hall–Kier alpha value is -4.14. The number of Topliss-reactive ketones (excluding diaryl/α,β-unsaturated/α-hetero) is 1. The van der Waals surface area contributed by atoms with Crippen molar-refractivity contribution < 1.29 is 19.0 Å². The van der Waals surface area contributed by atoms with E-state index >= 15 is 0 Å². The van der Waals surface area contributed by atoms with E-state index < -0.39 is 21.7 Å². The van der Waals surface area contributed by atoms with Crippen LogP contribution in [0.15, 0.2) is 72.8 Å². The van der Waals surface area contributed by atoms with E-state index in [-0.39, 0.29) is 23.6 Å². The van der Waals surface area contributed by atoms with Gasteiger partial charge in [-0.1, -0.05) is 18.2 Å². The fraction of sp³-hybridized carbons (Fsp3) is 0.0952. The van der Waals surface area contributed by atoms with E-state index in [1.807, 2.05) is 0 Å². The van der Waals surface area contributed by atoms with Crippen molar-refractivity contribution in [1.82, 2.24) is 0 Å². The molecule has 0 spiro atoms. The summed E-state index contributed by atoms with van der Waals surface area (Å²) in [5.41, 5.74) is 1.09. The summed E-state index contributed by atoms with van der Waals surface area (Å²) < 4.78 is 13.1. The van der Waals surface area contributed by atoms with E-state index in [0.29, 0.717) is 16.8 Å². The molecule has 3 rings (SSSR count). The molecular formula is C21H16FN3O5. The lowest BCUT2D eigenvalue weighted by molar-refractivity contribution is -0.385. The van der Waals surface area contributed by atoms with Crippen LogP contribution in [-0.2, 0) is 0 Å². The molecule has 9 heteroatoms. The van der Waals surface area contributed by atoms with Crippen LogP contribution < -0.4 is 5.32 Å². The average Bonchev–Trinajstić information content (AvgIpc) is 2.74. The number of benzene rings is 3. The number of ketones is 1. The molecule has 0 fully saturated rings. The molecule has 1 atom stereocenters. The summed E-state index contributed by atoms with van der Waals surface area (Å²) in [5, 5.41) is 25.0. The third-order valence-electron chi connectivity index (χ3n) is 4.46. The topological polar surface area (TPSA) is 115 Å². The third kappa shape index (κ3) is 5.02. The molecule has 3 aromatic carbocycles. The van der Waals surface area contributed by atoms with E-state index in [1.54, 1.807) is 6.07 Å². The van der Waals surface area contributed by atoms with Crippen molar-refractivity contribution in [3.8, 4) is 0 Å². The van der Waals surface area contributed by atoms with Gasteiger partial charge in [-0.05, 0) is 35.9 Å². The van der Waals surface area contributed by atoms with E-state index in [2.05, 4.69) is 5.32 Å². The first-order valence-electron chi connectivity index (χ1n) is 8.87. The fourth-order valence-electron chi connectivity index (χ4n) is 2.93. The van der Waals surface area contributed by atoms with Gasteiger partial charge in [-0.2, -0.15) is 0 Å². The number of halogens is 1. The normalized spacial score (nSPS) is 11.5. The van der Waals surface area contributed by atoms with Gasteiger partial charge in [0.1, 0.15) is 5.82 Å². The molecule has 0 amide bonds. The van der Waals surface area contributed by atoms with Crippen LogP contribution in [0.2, 0.25) is 0 Å². The zero-order chi connectivity index (χ0) is 21.7. The number of nitrogens with one attached hydrogen (secondary N) is 1. The maximum atomic E-state index is 13.1. The summed E-state index contributed by atoms with van der Waals surface area (Å²) in [6.07, 6.45) is -0.0495. The fourth-order valence-corrected chi connectivity index (χ4v) is 2.93. The summed E-state index contributed by atoms with van der Waals surface area (Å²) in [4.78, 5) is 33.6. The van der Waals surface area contributed by atoms with Crippen molar-refractivity contribution in [2.75, 3.05) is 5.32 Å². The highest BCUT2D eigenvalue weighted by Gasteiger charge is 2.19. The minimum Gasteiger partial charge on any atom is -0.378 e. The Morgan fingerprint density at radius 1 is 0.900 bits per heavy atom. The van der Waals surface area contributed by atoms with Crippen LogP contribution in [0.5, 0.6) is 0 Å². The second kappa shape index (κ2) is 8.91. The number of rotatable bonds is 8. The zero-order valence-corrected chi connectivity index (χ0v) is 15.5. The molecular weight excluding hydrogens is 393 g/mol. The van der Waals surface area contributed by atoms with Crippen molar-refractivity contribution in [3.63, 3.8) is 0 Å². The summed E-state index contributed by atoms with van der Waals surface area (Å²) in [5.74, 6) is -0.746. The van der Waals surface area contributed by atoms with Gasteiger partial charge >= 0.3 is 0 Å². The highest BCUT2D eigenvalue weighted by Crippen LogP contribution is 2.28. The Kier molecular flexibility index (Phi) is 6.11. The van der Waals surface area contributed by atoms with E-state index in [0.717, 1.165) is 0 Å². The number of non-ortho nitro benzene ring substituents is 2. The first-order chi connectivity index (χ1) is 14.3. The Bertz CT molecular complexity index is 1080. The van der Waals surface area contributed by atoms with Crippen molar-refractivity contribution in [1.29, 1.82) is 0 Å². The lowest BCUT2D eigenvalue weighted by Gasteiger charge is -2.20. The van der Waals surface area contributed by atoms with Gasteiger partial charge in [0.05, 0.1) is 15.9 Å². The number of hydrogen-bond acceptors (Lipinski definition) is 6. The monoisotopic (exact) mass is 409 g/mol. The Morgan fingerprint density at radius 3 is 2.13 bits per heavy atom. The van der Waals surface area contributed by atoms with Crippen molar-refractivity contribution in [3.05, 3.63) is 110 Å². The van der Waals surface area contributed by atoms with Gasteiger partial charge in [-0.25, -0.2) is 4.39 Å². The number of nitro groups is 2. The largest absolute Gasteiger partial charge is 0.378 e. The minimum absolute atomic E-state index is 0.0495. The molecule has 0 aromatic heterocycles. The Labute approximate surface area is 170 Å². The smallest absolute Gasteiger partial charge is 0.271 e. The van der Waals surface area contributed by atoms with Crippen molar-refractivity contribution >= 4 is 22.8 Å². The van der Waals surface area contributed by atoms with Crippen LogP contribution in [-0.4, -0.2) is 15.6 Å². The van der Waals surface area contributed by atoms with Crippen LogP contribution in [0.3, 0.4) is 0 Å². The lowest BCUT2D eigenvalue weighted by Crippen LogP contribution is -2.16. The minimum atomic E-state index is -0.620. The maximum Gasteiger partial charge on any atom is 0.271 e. The van der Waals surface area contributed by atoms with Gasteiger partial charge in [-0.3, -0.25) is 25.0 Å². The number of anilines is 1. The highest BCUT2D eigenvalue weighted by molar-refractivity contribution is 5.96. The summed E-state index contributed by atoms with van der Waals surface area (Å²) in [6, 6.07) is 16.0. The molecule has 30 heavy (non-hydrogen) atoms. The first kappa shape index (κ1) is 20.6. The second-order valence-electron chi connectivity index (χ2n) is 6.49. The molecule has 0 saturated heterocycles. The third-order valence-corrected chi connectivity index (χ3v) is 4.46. The zero-order valence-electron chi connectivity index (χ0n) is 15.5. The van der Waals surface area contributed by atoms with E-state index in [1.165, 1.54) is 66.7 Å². The quantitative estimate of drug-likeness (QED) is 0.315. The molecule has 0 heterocycles. The molecule has 0 radical (unpaired) electrons. The van der Waals surface area contributed by atoms with Crippen LogP contribution in [0, 0.1) is 26.0 Å². The van der Waals surface area contributed by atoms with Gasteiger partial charge < -0.3 is 5.32 Å². The summed E-state index contributed by atoms with van der Waals surface area (Å²) in [7, 11) is 0. The van der Waals surface area contributed by atoms with Crippen LogP contribution in [0.1, 0.15) is 28.4 Å². The molecule has 8 nitrogen and oxygen atoms in total. The molecule has 0 aliphatic heterocycles. The van der Waals surface area contributed by atoms with Gasteiger partial charge in [0.2, 0.25) is 0 Å². The molecule has 3 aromatic rings. The number of carbonyl (C=O) groups excluding carboxylic acids is 1. The second-order valence-corrected chi connectivity index (χ2v) is 6.49. The van der Waals surface area contributed by atoms with Crippen LogP contribution in [0.4, 0.5) is 21.5 Å². The lowest BCUT2D eigenvalue weighted by atomic mass is 9.97. The molecule has 152 valence electrons. The number of nitro benzene ring substituents is 2. The van der Waals surface area contributed by atoms with Crippen molar-refractivity contribution in [2.24, 2.45) is 0 Å². The SMILES string of the molecule is O=C(CC(Nc1cccc([N+](=O)[O-])c1)c1ccc([N+](=O)[O-])cc1)c1ccc(F)cc1. The molecule has 1 unspecified atom stereocenters. The molecule has 0 aliphatic rings. The maximum absolute atomic E-state index is 13.1. The number of hydrogen-bond donors (Lipinski definition) is 1. The van der Waals surface area contributed by atoms with Gasteiger partial charge in [-0.15, -0.1) is 0 Å². The van der Waals surface area contributed by atoms with Gasteiger partial charge in [0.15, 0.2) is 5.78 Å². The van der Waals surface area contributed by atoms with E-state index in [4.69, 9.17) is 0 Å². The van der Waals surface area contributed by atoms with E-state index in [9.17, 15) is 29.4 Å². The molecule has 0 bridgehead atoms. The van der Waals surface area contributed by atoms with Crippen molar-refractivity contribution in [2.45, 2.75) is 12.5 Å². The standard InChI is InChI=1S/C21H16FN3O5/c22-16-8-4-15(5-9-16)21(26)13-20(14-6-10-18(11-7-14)24(27)28)23-17-2-1-3-19(12-17)25(29)30/h1-12,20,23H,13H2. The predicted octanol–water partition coefficient (Wildman–Crippen LogP) is 5.07. The molecule has 0 saturated carbocycles.